The molecule has 0 aromatic heterocycles. The lowest BCUT2D eigenvalue weighted by atomic mass is 9.91. The summed E-state index contributed by atoms with van der Waals surface area (Å²) in [4.78, 5) is 0. The van der Waals surface area contributed by atoms with Gasteiger partial charge in [-0.05, 0) is 6.92 Å². The summed E-state index contributed by atoms with van der Waals surface area (Å²) in [5.41, 5.74) is -0.919. The molecular weight excluding hydrogens is 360 g/mol. The summed E-state index contributed by atoms with van der Waals surface area (Å²) in [6, 6.07) is 0. The summed E-state index contributed by atoms with van der Waals surface area (Å²) in [5.74, 6) is -0.103. The average Bonchev–Trinajstić information content (AvgIpc) is 2.60. The van der Waals surface area contributed by atoms with E-state index in [1.54, 1.807) is 14.0 Å². The maximum absolute atomic E-state index is 10.5. The van der Waals surface area contributed by atoms with Gasteiger partial charge in [-0.15, -0.1) is 0 Å². The highest BCUT2D eigenvalue weighted by Gasteiger charge is 2.48. The molecule has 8 atom stereocenters. The summed E-state index contributed by atoms with van der Waals surface area (Å²) < 4.78 is 32.6. The monoisotopic (exact) mass is 396 g/mol. The van der Waals surface area contributed by atoms with Crippen LogP contribution in [0.2, 0.25) is 0 Å². The van der Waals surface area contributed by atoms with Crippen LogP contribution in [-0.4, -0.2) is 106 Å². The highest BCUT2D eigenvalue weighted by Crippen LogP contribution is 2.31. The van der Waals surface area contributed by atoms with Crippen molar-refractivity contribution < 1.29 is 43.7 Å². The van der Waals surface area contributed by atoms with E-state index in [1.165, 1.54) is 21.3 Å². The number of aliphatic hydroxyl groups excluding tert-OH is 3. The van der Waals surface area contributed by atoms with E-state index in [9.17, 15) is 15.3 Å². The van der Waals surface area contributed by atoms with Gasteiger partial charge in [0.25, 0.3) is 0 Å². The smallest absolute Gasteiger partial charge is 0.187 e. The lowest BCUT2D eigenvalue weighted by Crippen LogP contribution is -2.61. The Balaban J connectivity index is 2.93. The zero-order chi connectivity index (χ0) is 20.6. The molecular formula is C18H36O9. The van der Waals surface area contributed by atoms with Crippen molar-refractivity contribution in [2.24, 2.45) is 5.92 Å². The summed E-state index contributed by atoms with van der Waals surface area (Å²) in [5, 5.41) is 31.1. The van der Waals surface area contributed by atoms with Gasteiger partial charge in [0.15, 0.2) is 6.29 Å². The van der Waals surface area contributed by atoms with Gasteiger partial charge < -0.3 is 43.7 Å². The zero-order valence-corrected chi connectivity index (χ0v) is 17.2. The molecule has 0 aromatic rings. The molecule has 0 amide bonds. The van der Waals surface area contributed by atoms with E-state index in [4.69, 9.17) is 28.4 Å². The number of hydrogen-bond acceptors (Lipinski definition) is 9. The lowest BCUT2D eigenvalue weighted by Gasteiger charge is -2.45. The molecule has 0 spiro atoms. The summed E-state index contributed by atoms with van der Waals surface area (Å²) >= 11 is 0. The van der Waals surface area contributed by atoms with E-state index in [0.29, 0.717) is 6.61 Å². The molecule has 1 heterocycles. The van der Waals surface area contributed by atoms with Gasteiger partial charge >= 0.3 is 0 Å². The van der Waals surface area contributed by atoms with Crippen LogP contribution in [0.4, 0.5) is 0 Å². The van der Waals surface area contributed by atoms with Crippen molar-refractivity contribution in [1.82, 2.24) is 0 Å². The normalized spacial score (nSPS) is 33.4. The molecule has 1 saturated heterocycles. The molecule has 0 bridgehead atoms. The summed E-state index contributed by atoms with van der Waals surface area (Å²) in [7, 11) is 5.99. The van der Waals surface area contributed by atoms with Crippen LogP contribution in [0.25, 0.3) is 0 Å². The third-order valence-corrected chi connectivity index (χ3v) is 4.83. The average molecular weight is 396 g/mol. The van der Waals surface area contributed by atoms with Gasteiger partial charge in [-0.1, -0.05) is 6.92 Å². The molecule has 4 unspecified atom stereocenters. The van der Waals surface area contributed by atoms with Crippen molar-refractivity contribution in [3.8, 4) is 0 Å². The minimum atomic E-state index is -1.21. The molecule has 0 aromatic carbocycles. The minimum absolute atomic E-state index is 0.0863. The second-order valence-electron chi connectivity index (χ2n) is 7.38. The Labute approximate surface area is 161 Å². The van der Waals surface area contributed by atoms with E-state index in [2.05, 4.69) is 0 Å². The van der Waals surface area contributed by atoms with Gasteiger partial charge in [-0.25, -0.2) is 0 Å². The van der Waals surface area contributed by atoms with Crippen molar-refractivity contribution in [2.75, 3.05) is 48.3 Å². The molecule has 0 aliphatic carbocycles. The molecule has 3 N–H and O–H groups in total. The fraction of sp³-hybridized carbons (Fsp3) is 1.00. The maximum atomic E-state index is 10.5. The van der Waals surface area contributed by atoms with Gasteiger partial charge in [0.05, 0.1) is 31.5 Å². The van der Waals surface area contributed by atoms with Crippen LogP contribution in [0.3, 0.4) is 0 Å². The van der Waals surface area contributed by atoms with Crippen molar-refractivity contribution in [3.63, 3.8) is 0 Å². The van der Waals surface area contributed by atoms with Crippen molar-refractivity contribution in [3.05, 3.63) is 0 Å². The molecule has 9 nitrogen and oxygen atoms in total. The first-order valence-electron chi connectivity index (χ1n) is 9.10. The Morgan fingerprint density at radius 1 is 1.04 bits per heavy atom. The minimum Gasteiger partial charge on any atom is -0.393 e. The molecule has 1 aliphatic rings. The first kappa shape index (κ1) is 24.7. The number of methoxy groups -OCH3 is 4. The van der Waals surface area contributed by atoms with E-state index in [0.717, 1.165) is 0 Å². The highest BCUT2D eigenvalue weighted by molar-refractivity contribution is 4.92. The van der Waals surface area contributed by atoms with Crippen LogP contribution in [0.1, 0.15) is 20.3 Å². The van der Waals surface area contributed by atoms with Crippen molar-refractivity contribution >= 4 is 0 Å². The second kappa shape index (κ2) is 11.6. The molecule has 1 fully saturated rings. The predicted octanol–water partition coefficient (Wildman–Crippen LogP) is -0.450. The first-order chi connectivity index (χ1) is 12.7. The quantitative estimate of drug-likeness (QED) is 0.403. The molecule has 1 rings (SSSR count). The largest absolute Gasteiger partial charge is 0.393 e. The van der Waals surface area contributed by atoms with Gasteiger partial charge in [0.2, 0.25) is 0 Å². The van der Waals surface area contributed by atoms with Gasteiger partial charge in [0, 0.05) is 40.8 Å². The Hall–Kier alpha value is -0.360. The number of rotatable bonds is 12. The van der Waals surface area contributed by atoms with E-state index in [1.807, 2.05) is 6.92 Å². The molecule has 1 aliphatic heterocycles. The molecule has 0 radical (unpaired) electrons. The van der Waals surface area contributed by atoms with Crippen LogP contribution in [-0.2, 0) is 28.4 Å². The fourth-order valence-corrected chi connectivity index (χ4v) is 3.30. The number of hydrogen-bond donors (Lipinski definition) is 3. The highest BCUT2D eigenvalue weighted by atomic mass is 16.7. The van der Waals surface area contributed by atoms with Gasteiger partial charge in [-0.3, -0.25) is 0 Å². The van der Waals surface area contributed by atoms with Crippen molar-refractivity contribution in [1.29, 1.82) is 0 Å². The molecule has 9 heteroatoms. The second-order valence-corrected chi connectivity index (χ2v) is 7.38. The lowest BCUT2D eigenvalue weighted by molar-refractivity contribution is -0.335. The van der Waals surface area contributed by atoms with Gasteiger partial charge in [0.1, 0.15) is 24.4 Å². The molecule has 0 saturated carbocycles. The topological polar surface area (TPSA) is 116 Å². The summed E-state index contributed by atoms with van der Waals surface area (Å²) in [6.07, 6.45) is -5.47. The maximum Gasteiger partial charge on any atom is 0.187 e. The Kier molecular flexibility index (Phi) is 10.6. The van der Waals surface area contributed by atoms with Crippen molar-refractivity contribution in [2.45, 2.75) is 62.7 Å². The van der Waals surface area contributed by atoms with Crippen LogP contribution in [0.5, 0.6) is 0 Å². The third kappa shape index (κ3) is 6.88. The molecule has 162 valence electrons. The van der Waals surface area contributed by atoms with E-state index < -0.39 is 42.4 Å². The van der Waals surface area contributed by atoms with E-state index >= 15 is 0 Å². The third-order valence-electron chi connectivity index (χ3n) is 4.83. The van der Waals surface area contributed by atoms with Gasteiger partial charge in [-0.2, -0.15) is 0 Å². The van der Waals surface area contributed by atoms with Crippen LogP contribution in [0.15, 0.2) is 0 Å². The standard InChI is InChI=1S/C18H36O9/c1-11(8-22-3)12(19)7-18(2,10-24-5)27-17-16(25-6)15(21)14(20)13(26-17)9-23-4/h11-17,19-21H,7-10H2,1-6H3/t11-,12?,13?,14-,15?,16?,17-,18-/m1/s1. The van der Waals surface area contributed by atoms with Crippen LogP contribution < -0.4 is 0 Å². The first-order valence-corrected chi connectivity index (χ1v) is 9.10. The summed E-state index contributed by atoms with van der Waals surface area (Å²) in [6.45, 7) is 4.35. The predicted molar refractivity (Wildman–Crippen MR) is 96.4 cm³/mol. The Bertz CT molecular complexity index is 408. The van der Waals surface area contributed by atoms with Crippen LogP contribution in [0, 0.1) is 5.92 Å². The van der Waals surface area contributed by atoms with Crippen LogP contribution >= 0.6 is 0 Å². The zero-order valence-electron chi connectivity index (χ0n) is 17.2. The fourth-order valence-electron chi connectivity index (χ4n) is 3.30. The number of ether oxygens (including phenoxy) is 6. The Morgan fingerprint density at radius 3 is 2.22 bits per heavy atom. The Morgan fingerprint density at radius 2 is 1.70 bits per heavy atom. The van der Waals surface area contributed by atoms with E-state index in [-0.39, 0.29) is 25.6 Å². The SMILES string of the molecule is COCC1O[C@H](O[C@@](C)(COC)CC(O)[C@H](C)COC)C(OC)C(O)[C@@H]1O. The number of aliphatic hydroxyl groups is 3. The molecule has 27 heavy (non-hydrogen) atoms.